The second-order valence-corrected chi connectivity index (χ2v) is 7.78. The van der Waals surface area contributed by atoms with Crippen LogP contribution in [-0.4, -0.2) is 19.8 Å². The summed E-state index contributed by atoms with van der Waals surface area (Å²) in [7, 11) is -1.78. The fraction of sp³-hybridized carbons (Fsp3) is 0.200. The van der Waals surface area contributed by atoms with E-state index in [1.54, 1.807) is 31.3 Å². The molecule has 0 bridgehead atoms. The van der Waals surface area contributed by atoms with Crippen molar-refractivity contribution in [3.05, 3.63) is 64.1 Å². The molecule has 0 aliphatic rings. The quantitative estimate of drug-likeness (QED) is 0.825. The number of benzene rings is 2. The first-order valence-electron chi connectivity index (χ1n) is 6.40. The van der Waals surface area contributed by atoms with Crippen molar-refractivity contribution in [2.24, 2.45) is 0 Å². The van der Waals surface area contributed by atoms with E-state index >= 15 is 0 Å². The van der Waals surface area contributed by atoms with E-state index in [1.165, 1.54) is 4.31 Å². The molecule has 2 N–H and O–H groups in total. The summed E-state index contributed by atoms with van der Waals surface area (Å²) in [6.07, 6.45) is 0. The van der Waals surface area contributed by atoms with Gasteiger partial charge >= 0.3 is 0 Å². The minimum atomic E-state index is -3.37. The molecule has 0 amide bonds. The number of nitrogen functional groups attached to an aromatic ring is 1. The van der Waals surface area contributed by atoms with Gasteiger partial charge < -0.3 is 5.73 Å². The van der Waals surface area contributed by atoms with Crippen LogP contribution in [0, 0.1) is 0 Å². The molecule has 0 atom stereocenters. The van der Waals surface area contributed by atoms with Gasteiger partial charge in [-0.15, -0.1) is 0 Å². The van der Waals surface area contributed by atoms with Crippen molar-refractivity contribution in [3.63, 3.8) is 0 Å². The summed E-state index contributed by atoms with van der Waals surface area (Å²) in [5.74, 6) is -0.0335. The lowest BCUT2D eigenvalue weighted by atomic mass is 10.2. The molecule has 4 nitrogen and oxygen atoms in total. The van der Waals surface area contributed by atoms with Gasteiger partial charge in [-0.25, -0.2) is 12.7 Å². The molecule has 0 radical (unpaired) electrons. The number of hydrogen-bond donors (Lipinski definition) is 1. The van der Waals surface area contributed by atoms with Crippen LogP contribution in [0.1, 0.15) is 11.1 Å². The van der Waals surface area contributed by atoms with Crippen LogP contribution in [0.4, 0.5) is 5.69 Å². The van der Waals surface area contributed by atoms with Crippen LogP contribution < -0.4 is 5.73 Å². The highest BCUT2D eigenvalue weighted by atomic mass is 79.9. The highest BCUT2D eigenvalue weighted by molar-refractivity contribution is 9.10. The lowest BCUT2D eigenvalue weighted by Gasteiger charge is -2.18. The molecule has 112 valence electrons. The van der Waals surface area contributed by atoms with Crippen molar-refractivity contribution in [2.45, 2.75) is 12.3 Å². The van der Waals surface area contributed by atoms with Crippen LogP contribution in [0.25, 0.3) is 0 Å². The molecule has 0 saturated heterocycles. The summed E-state index contributed by atoms with van der Waals surface area (Å²) in [6.45, 7) is 0.332. The number of anilines is 1. The molecule has 0 aliphatic carbocycles. The zero-order chi connectivity index (χ0) is 15.5. The van der Waals surface area contributed by atoms with Gasteiger partial charge in [-0.1, -0.05) is 46.3 Å². The van der Waals surface area contributed by atoms with Crippen LogP contribution in [0.2, 0.25) is 0 Å². The third-order valence-corrected chi connectivity index (χ3v) is 5.71. The van der Waals surface area contributed by atoms with Crippen molar-refractivity contribution < 1.29 is 8.42 Å². The molecule has 2 aromatic rings. The fourth-order valence-corrected chi connectivity index (χ4v) is 3.48. The predicted molar refractivity (Wildman–Crippen MR) is 89.1 cm³/mol. The Bertz CT molecular complexity index is 715. The molecule has 0 unspecified atom stereocenters. The molecule has 0 aliphatic heterocycles. The van der Waals surface area contributed by atoms with Crippen LogP contribution in [0.15, 0.2) is 53.0 Å². The van der Waals surface area contributed by atoms with E-state index in [2.05, 4.69) is 15.9 Å². The third kappa shape index (κ3) is 4.30. The van der Waals surface area contributed by atoms with Gasteiger partial charge in [0, 0.05) is 23.8 Å². The van der Waals surface area contributed by atoms with Crippen molar-refractivity contribution >= 4 is 31.6 Å². The lowest BCUT2D eigenvalue weighted by Crippen LogP contribution is -2.27. The zero-order valence-electron chi connectivity index (χ0n) is 11.7. The maximum Gasteiger partial charge on any atom is 0.218 e. The third-order valence-electron chi connectivity index (χ3n) is 3.15. The summed E-state index contributed by atoms with van der Waals surface area (Å²) in [6, 6.07) is 14.5. The van der Waals surface area contributed by atoms with Crippen molar-refractivity contribution in [2.75, 3.05) is 12.8 Å². The van der Waals surface area contributed by atoms with Gasteiger partial charge in [0.2, 0.25) is 10.0 Å². The normalized spacial score (nSPS) is 11.8. The number of halogens is 1. The number of nitrogens with zero attached hydrogens (tertiary/aromatic N) is 1. The Kier molecular flexibility index (Phi) is 5.03. The van der Waals surface area contributed by atoms with E-state index in [0.717, 1.165) is 15.6 Å². The molecule has 0 spiro atoms. The van der Waals surface area contributed by atoms with Crippen LogP contribution in [-0.2, 0) is 22.3 Å². The average Bonchev–Trinajstić information content (AvgIpc) is 2.43. The molecule has 2 aromatic carbocycles. The minimum Gasteiger partial charge on any atom is -0.399 e. The van der Waals surface area contributed by atoms with Crippen LogP contribution in [0.3, 0.4) is 0 Å². The van der Waals surface area contributed by atoms with E-state index in [1.807, 2.05) is 24.3 Å². The first-order chi connectivity index (χ1) is 9.88. The van der Waals surface area contributed by atoms with Crippen LogP contribution >= 0.6 is 15.9 Å². The van der Waals surface area contributed by atoms with Gasteiger partial charge in [-0.2, -0.15) is 0 Å². The number of hydrogen-bond acceptors (Lipinski definition) is 3. The molecule has 0 heterocycles. The van der Waals surface area contributed by atoms with E-state index in [9.17, 15) is 8.42 Å². The van der Waals surface area contributed by atoms with Crippen LogP contribution in [0.5, 0.6) is 0 Å². The predicted octanol–water partition coefficient (Wildman–Crippen LogP) is 2.99. The second-order valence-electron chi connectivity index (χ2n) is 4.85. The van der Waals surface area contributed by atoms with Crippen molar-refractivity contribution in [1.29, 1.82) is 0 Å². The topological polar surface area (TPSA) is 63.4 Å². The number of sulfonamides is 1. The Labute approximate surface area is 133 Å². The number of nitrogens with two attached hydrogens (primary N) is 1. The summed E-state index contributed by atoms with van der Waals surface area (Å²) in [5.41, 5.74) is 7.88. The van der Waals surface area contributed by atoms with Crippen molar-refractivity contribution in [3.8, 4) is 0 Å². The van der Waals surface area contributed by atoms with Gasteiger partial charge in [0.05, 0.1) is 5.75 Å². The lowest BCUT2D eigenvalue weighted by molar-refractivity contribution is 0.465. The van der Waals surface area contributed by atoms with Gasteiger partial charge in [-0.3, -0.25) is 0 Å². The van der Waals surface area contributed by atoms with E-state index in [4.69, 9.17) is 5.73 Å². The summed E-state index contributed by atoms with van der Waals surface area (Å²) < 4.78 is 27.0. The SMILES string of the molecule is CN(Cc1ccccc1Br)S(=O)(=O)Cc1ccc(N)cc1. The average molecular weight is 369 g/mol. The molecular weight excluding hydrogens is 352 g/mol. The van der Waals surface area contributed by atoms with E-state index in [-0.39, 0.29) is 5.75 Å². The Morgan fingerprint density at radius 2 is 1.71 bits per heavy atom. The highest BCUT2D eigenvalue weighted by Crippen LogP contribution is 2.20. The highest BCUT2D eigenvalue weighted by Gasteiger charge is 2.19. The summed E-state index contributed by atoms with van der Waals surface area (Å²) >= 11 is 3.43. The number of rotatable bonds is 5. The van der Waals surface area contributed by atoms with Gasteiger partial charge in [0.1, 0.15) is 0 Å². The minimum absolute atomic E-state index is 0.0335. The Balaban J connectivity index is 2.12. The molecule has 6 heteroatoms. The van der Waals surface area contributed by atoms with Crippen molar-refractivity contribution in [1.82, 2.24) is 4.31 Å². The molecule has 0 aromatic heterocycles. The monoisotopic (exact) mass is 368 g/mol. The van der Waals surface area contributed by atoms with E-state index in [0.29, 0.717) is 12.2 Å². The standard InChI is InChI=1S/C15H17BrN2O2S/c1-18(10-13-4-2-3-5-15(13)16)21(19,20)11-12-6-8-14(17)9-7-12/h2-9H,10-11,17H2,1H3. The summed E-state index contributed by atoms with van der Waals surface area (Å²) in [5, 5.41) is 0. The maximum atomic E-state index is 12.4. The van der Waals surface area contributed by atoms with Gasteiger partial charge in [0.15, 0.2) is 0 Å². The zero-order valence-corrected chi connectivity index (χ0v) is 14.1. The largest absolute Gasteiger partial charge is 0.399 e. The van der Waals surface area contributed by atoms with Gasteiger partial charge in [0.25, 0.3) is 0 Å². The van der Waals surface area contributed by atoms with E-state index < -0.39 is 10.0 Å². The maximum absolute atomic E-state index is 12.4. The Morgan fingerprint density at radius 3 is 2.33 bits per heavy atom. The summed E-state index contributed by atoms with van der Waals surface area (Å²) in [4.78, 5) is 0. The second kappa shape index (κ2) is 6.60. The molecule has 2 rings (SSSR count). The fourth-order valence-electron chi connectivity index (χ4n) is 1.90. The first-order valence-corrected chi connectivity index (χ1v) is 8.80. The smallest absolute Gasteiger partial charge is 0.218 e. The molecular formula is C15H17BrN2O2S. The molecule has 0 saturated carbocycles. The van der Waals surface area contributed by atoms with Gasteiger partial charge in [-0.05, 0) is 29.3 Å². The molecule has 21 heavy (non-hydrogen) atoms. The Morgan fingerprint density at radius 1 is 1.10 bits per heavy atom. The first kappa shape index (κ1) is 16.0. The Hall–Kier alpha value is -1.37. The molecule has 0 fully saturated rings.